The van der Waals surface area contributed by atoms with Crippen molar-refractivity contribution in [2.75, 3.05) is 11.5 Å². The van der Waals surface area contributed by atoms with Crippen LogP contribution in [0.5, 0.6) is 0 Å². The van der Waals surface area contributed by atoms with Gasteiger partial charge >= 0.3 is 0 Å². The third-order valence-corrected chi connectivity index (χ3v) is 6.46. The predicted octanol–water partition coefficient (Wildman–Crippen LogP) is 0.442. The maximum Gasteiger partial charge on any atom is 0.229 e. The van der Waals surface area contributed by atoms with Crippen LogP contribution < -0.4 is 0 Å². The second-order valence-corrected chi connectivity index (χ2v) is 8.20. The molecule has 80 valence electrons. The molecular weight excluding hydrogens is 294 g/mol. The minimum absolute atomic E-state index is 0.0858. The lowest BCUT2D eigenvalue weighted by molar-refractivity contribution is 0.597. The number of aliphatic imine (C=N–C) groups is 1. The Morgan fingerprint density at radius 2 is 2.07 bits per heavy atom. The van der Waals surface area contributed by atoms with Crippen molar-refractivity contribution in [1.82, 2.24) is 0 Å². The summed E-state index contributed by atoms with van der Waals surface area (Å²) < 4.78 is 44.9. The van der Waals surface area contributed by atoms with E-state index < -0.39 is 25.4 Å². The molecule has 1 rings (SSSR count). The van der Waals surface area contributed by atoms with Crippen molar-refractivity contribution >= 4 is 39.6 Å². The van der Waals surface area contributed by atoms with Crippen molar-refractivity contribution < 1.29 is 16.8 Å². The Labute approximate surface area is 90.9 Å². The largest absolute Gasteiger partial charge is 0.236 e. The van der Waals surface area contributed by atoms with Crippen LogP contribution in [0.4, 0.5) is 0 Å². The molecule has 0 unspecified atom stereocenters. The minimum atomic E-state index is -3.66. The van der Waals surface area contributed by atoms with E-state index in [-0.39, 0.29) is 14.6 Å². The lowest BCUT2D eigenvalue weighted by Gasteiger charge is -2.01. The van der Waals surface area contributed by atoms with E-state index in [0.29, 0.717) is 0 Å². The van der Waals surface area contributed by atoms with E-state index in [0.717, 1.165) is 6.20 Å². The average Bonchev–Trinajstić information content (AvgIpc) is 2.32. The number of hydrogen-bond acceptors (Lipinski definition) is 5. The van der Waals surface area contributed by atoms with Gasteiger partial charge in [-0.25, -0.2) is 21.8 Å². The molecule has 0 atom stereocenters. The van der Waals surface area contributed by atoms with E-state index >= 15 is 0 Å². The number of halogens is 1. The Bertz CT molecular complexity index is 500. The fourth-order valence-corrected chi connectivity index (χ4v) is 4.00. The van der Waals surface area contributed by atoms with Crippen LogP contribution in [0.15, 0.2) is 16.1 Å². The van der Waals surface area contributed by atoms with Gasteiger partial charge in [0.25, 0.3) is 0 Å². The van der Waals surface area contributed by atoms with E-state index in [2.05, 4.69) is 20.9 Å². The normalized spacial score (nSPS) is 20.4. The summed E-state index contributed by atoms with van der Waals surface area (Å²) in [5, 5.41) is 0. The Morgan fingerprint density at radius 3 is 2.43 bits per heavy atom. The maximum atomic E-state index is 11.4. The highest BCUT2D eigenvalue weighted by Gasteiger charge is 2.30. The SMILES string of the molecule is CCS(=O)(=O)CC1=CN=C(Br)S1(=O)=O. The third kappa shape index (κ3) is 2.23. The van der Waals surface area contributed by atoms with Gasteiger partial charge in [-0.1, -0.05) is 6.92 Å². The van der Waals surface area contributed by atoms with Crippen molar-refractivity contribution in [3.8, 4) is 0 Å². The summed E-state index contributed by atoms with van der Waals surface area (Å²) in [6.07, 6.45) is 1.06. The van der Waals surface area contributed by atoms with E-state index in [1.54, 1.807) is 0 Å². The summed E-state index contributed by atoms with van der Waals surface area (Å²) in [4.78, 5) is 3.33. The van der Waals surface area contributed by atoms with Crippen LogP contribution in [0.1, 0.15) is 6.92 Å². The first-order chi connectivity index (χ1) is 6.29. The van der Waals surface area contributed by atoms with E-state index in [4.69, 9.17) is 0 Å². The molecule has 1 heterocycles. The highest BCUT2D eigenvalue weighted by atomic mass is 79.9. The zero-order valence-corrected chi connectivity index (χ0v) is 10.5. The zero-order valence-electron chi connectivity index (χ0n) is 7.27. The van der Waals surface area contributed by atoms with E-state index in [9.17, 15) is 16.8 Å². The van der Waals surface area contributed by atoms with Gasteiger partial charge in [-0.2, -0.15) is 0 Å². The van der Waals surface area contributed by atoms with Crippen LogP contribution in [0.25, 0.3) is 0 Å². The Hall–Kier alpha value is -0.210. The summed E-state index contributed by atoms with van der Waals surface area (Å²) >= 11 is 2.74. The molecule has 0 spiro atoms. The smallest absolute Gasteiger partial charge is 0.229 e. The van der Waals surface area contributed by atoms with Crippen LogP contribution in [0, 0.1) is 0 Å². The van der Waals surface area contributed by atoms with Crippen molar-refractivity contribution in [3.05, 3.63) is 11.1 Å². The number of hydrogen-bond donors (Lipinski definition) is 0. The molecule has 0 amide bonds. The minimum Gasteiger partial charge on any atom is -0.236 e. The van der Waals surface area contributed by atoms with Gasteiger partial charge in [-0.05, 0) is 15.9 Å². The molecule has 1 aliphatic heterocycles. The molecule has 8 heteroatoms. The second-order valence-electron chi connectivity index (χ2n) is 2.66. The molecule has 0 bridgehead atoms. The fraction of sp³-hybridized carbons (Fsp3) is 0.500. The first-order valence-electron chi connectivity index (χ1n) is 3.67. The van der Waals surface area contributed by atoms with Crippen LogP contribution in [0.2, 0.25) is 0 Å². The first kappa shape index (κ1) is 11.9. The maximum absolute atomic E-state index is 11.4. The molecule has 5 nitrogen and oxygen atoms in total. The summed E-state index contributed by atoms with van der Waals surface area (Å²) in [6.45, 7) is 1.47. The van der Waals surface area contributed by atoms with Crippen molar-refractivity contribution in [2.24, 2.45) is 4.99 Å². The van der Waals surface area contributed by atoms with Crippen molar-refractivity contribution in [1.29, 1.82) is 0 Å². The molecule has 0 N–H and O–H groups in total. The highest BCUT2D eigenvalue weighted by molar-refractivity contribution is 9.21. The predicted molar refractivity (Wildman–Crippen MR) is 57.7 cm³/mol. The zero-order chi connectivity index (χ0) is 11.0. The Kier molecular flexibility index (Phi) is 3.17. The molecule has 0 radical (unpaired) electrons. The Morgan fingerprint density at radius 1 is 1.50 bits per heavy atom. The number of nitrogens with zero attached hydrogens (tertiary/aromatic N) is 1. The standard InChI is InChI=1S/C6H8BrNO4S2/c1-2-13(9,10)4-5-3-8-6(7)14(5,11)12/h3H,2,4H2,1H3. The summed E-state index contributed by atoms with van der Waals surface area (Å²) in [7, 11) is -7.00. The van der Waals surface area contributed by atoms with Gasteiger partial charge in [-0.3, -0.25) is 0 Å². The Balaban J connectivity index is 2.99. The molecular formula is C6H8BrNO4S2. The van der Waals surface area contributed by atoms with Crippen LogP contribution >= 0.6 is 15.9 Å². The molecule has 14 heavy (non-hydrogen) atoms. The second kappa shape index (κ2) is 3.74. The van der Waals surface area contributed by atoms with Gasteiger partial charge in [0.05, 0.1) is 10.7 Å². The molecule has 0 saturated carbocycles. The van der Waals surface area contributed by atoms with Gasteiger partial charge in [0, 0.05) is 12.0 Å². The van der Waals surface area contributed by atoms with Gasteiger partial charge in [0.1, 0.15) is 0 Å². The number of rotatable bonds is 3. The van der Waals surface area contributed by atoms with Crippen molar-refractivity contribution in [2.45, 2.75) is 6.92 Å². The molecule has 0 aromatic heterocycles. The monoisotopic (exact) mass is 301 g/mol. The quantitative estimate of drug-likeness (QED) is 0.757. The van der Waals surface area contributed by atoms with Gasteiger partial charge in [0.15, 0.2) is 9.84 Å². The van der Waals surface area contributed by atoms with Crippen LogP contribution in [-0.4, -0.2) is 32.3 Å². The fourth-order valence-electron chi connectivity index (χ4n) is 0.803. The van der Waals surface area contributed by atoms with Crippen LogP contribution in [-0.2, 0) is 19.7 Å². The molecule has 1 aliphatic rings. The summed E-state index contributed by atoms with van der Waals surface area (Å²) in [6, 6.07) is 0. The van der Waals surface area contributed by atoms with Crippen molar-refractivity contribution in [3.63, 3.8) is 0 Å². The van der Waals surface area contributed by atoms with Gasteiger partial charge < -0.3 is 0 Å². The topological polar surface area (TPSA) is 80.6 Å². The van der Waals surface area contributed by atoms with Crippen LogP contribution in [0.3, 0.4) is 0 Å². The summed E-state index contributed by atoms with van der Waals surface area (Å²) in [5.41, 5.74) is 0. The van der Waals surface area contributed by atoms with E-state index in [1.165, 1.54) is 6.92 Å². The molecule has 0 aromatic carbocycles. The average molecular weight is 302 g/mol. The van der Waals surface area contributed by atoms with Gasteiger partial charge in [-0.15, -0.1) is 0 Å². The lowest BCUT2D eigenvalue weighted by Crippen LogP contribution is -2.17. The molecule has 0 fully saturated rings. The summed E-state index contributed by atoms with van der Waals surface area (Å²) in [5.74, 6) is -0.568. The van der Waals surface area contributed by atoms with Gasteiger partial charge in [0.2, 0.25) is 13.8 Å². The first-order valence-corrected chi connectivity index (χ1v) is 7.77. The third-order valence-electron chi connectivity index (χ3n) is 1.68. The lowest BCUT2D eigenvalue weighted by atomic mass is 10.7. The molecule has 0 saturated heterocycles. The van der Waals surface area contributed by atoms with E-state index in [1.807, 2.05) is 0 Å². The number of sulfone groups is 2. The highest BCUT2D eigenvalue weighted by Crippen LogP contribution is 2.22. The molecule has 0 aromatic rings. The molecule has 0 aliphatic carbocycles.